The predicted octanol–water partition coefficient (Wildman–Crippen LogP) is 5.85. The first-order valence-electron chi connectivity index (χ1n) is 10.1. The van der Waals surface area contributed by atoms with Crippen molar-refractivity contribution in [2.75, 3.05) is 5.32 Å². The molecular weight excluding hydrogens is 368 g/mol. The zero-order chi connectivity index (χ0) is 18.9. The maximum Gasteiger partial charge on any atom is 0.187 e. The smallest absolute Gasteiger partial charge is 0.187 e. The molecule has 0 spiro atoms. The van der Waals surface area contributed by atoms with Gasteiger partial charge in [-0.3, -0.25) is 0 Å². The van der Waals surface area contributed by atoms with Gasteiger partial charge in [0.15, 0.2) is 10.9 Å². The van der Waals surface area contributed by atoms with Crippen molar-refractivity contribution in [1.29, 1.82) is 0 Å². The van der Waals surface area contributed by atoms with Crippen LogP contribution in [0.4, 0.5) is 10.8 Å². The molecule has 28 heavy (non-hydrogen) atoms. The quantitative estimate of drug-likeness (QED) is 0.571. The van der Waals surface area contributed by atoms with Gasteiger partial charge >= 0.3 is 0 Å². The highest BCUT2D eigenvalue weighted by molar-refractivity contribution is 7.15. The van der Waals surface area contributed by atoms with Gasteiger partial charge in [-0.25, -0.2) is 4.98 Å². The second kappa shape index (κ2) is 7.57. The molecule has 1 saturated carbocycles. The van der Waals surface area contributed by atoms with Crippen molar-refractivity contribution in [2.24, 2.45) is 0 Å². The summed E-state index contributed by atoms with van der Waals surface area (Å²) in [7, 11) is 0. The zero-order valence-electron chi connectivity index (χ0n) is 15.7. The van der Waals surface area contributed by atoms with Crippen molar-refractivity contribution < 1.29 is 9.84 Å². The van der Waals surface area contributed by atoms with Gasteiger partial charge < -0.3 is 15.2 Å². The van der Waals surface area contributed by atoms with Crippen LogP contribution in [0.25, 0.3) is 11.1 Å². The lowest BCUT2D eigenvalue weighted by atomic mass is 9.95. The summed E-state index contributed by atoms with van der Waals surface area (Å²) in [6, 6.07) is 16.6. The van der Waals surface area contributed by atoms with E-state index in [1.165, 1.54) is 11.3 Å². The third kappa shape index (κ3) is 3.40. The topological polar surface area (TPSA) is 54.4 Å². The number of anilines is 2. The normalized spacial score (nSPS) is 19.0. The first-order valence-corrected chi connectivity index (χ1v) is 10.9. The fraction of sp³-hybridized carbons (Fsp3) is 0.348. The molecule has 2 aromatic carbocycles. The number of aliphatic hydroxyl groups is 1. The molecule has 5 heteroatoms. The maximum absolute atomic E-state index is 10.2. The lowest BCUT2D eigenvalue weighted by Gasteiger charge is -2.29. The number of fused-ring (bicyclic) bond motifs is 1. The number of rotatable bonds is 5. The van der Waals surface area contributed by atoms with E-state index < -0.39 is 6.10 Å². The molecule has 0 aliphatic heterocycles. The Morgan fingerprint density at radius 2 is 1.86 bits per heavy atom. The molecule has 1 aromatic heterocycles. The van der Waals surface area contributed by atoms with E-state index in [1.807, 2.05) is 6.07 Å². The number of aromatic nitrogens is 1. The molecule has 0 saturated heterocycles. The van der Waals surface area contributed by atoms with Crippen molar-refractivity contribution in [1.82, 2.24) is 4.98 Å². The number of thiazole rings is 1. The Morgan fingerprint density at radius 3 is 2.61 bits per heavy atom. The summed E-state index contributed by atoms with van der Waals surface area (Å²) >= 11 is 1.65. The molecule has 1 atom stereocenters. The van der Waals surface area contributed by atoms with Gasteiger partial charge in [0.2, 0.25) is 0 Å². The Balaban J connectivity index is 1.51. The average Bonchev–Trinajstić information content (AvgIpc) is 3.10. The summed E-state index contributed by atoms with van der Waals surface area (Å²) < 4.78 is 6.43. The monoisotopic (exact) mass is 392 g/mol. The summed E-state index contributed by atoms with van der Waals surface area (Å²) in [6.07, 6.45) is 6.14. The fourth-order valence-corrected chi connectivity index (χ4v) is 4.90. The molecule has 3 aromatic rings. The Bertz CT molecular complexity index is 966. The first kappa shape index (κ1) is 17.7. The molecule has 144 valence electrons. The van der Waals surface area contributed by atoms with E-state index in [2.05, 4.69) is 52.8 Å². The zero-order valence-corrected chi connectivity index (χ0v) is 16.5. The van der Waals surface area contributed by atoms with Crippen molar-refractivity contribution in [2.45, 2.75) is 50.7 Å². The number of aryl methyl sites for hydroxylation is 1. The number of para-hydroxylation sites is 1. The van der Waals surface area contributed by atoms with Crippen LogP contribution in [0.5, 0.6) is 5.75 Å². The highest BCUT2D eigenvalue weighted by Crippen LogP contribution is 2.42. The van der Waals surface area contributed by atoms with Crippen LogP contribution in [0, 0.1) is 0 Å². The molecule has 5 rings (SSSR count). The van der Waals surface area contributed by atoms with E-state index in [0.29, 0.717) is 0 Å². The minimum absolute atomic E-state index is 0.289. The largest absolute Gasteiger partial charge is 0.488 e. The molecule has 2 aliphatic rings. The van der Waals surface area contributed by atoms with E-state index >= 15 is 0 Å². The van der Waals surface area contributed by atoms with E-state index in [1.54, 1.807) is 11.3 Å². The van der Waals surface area contributed by atoms with Crippen LogP contribution in [0.2, 0.25) is 0 Å². The molecule has 0 bridgehead atoms. The summed E-state index contributed by atoms with van der Waals surface area (Å²) in [6.45, 7) is 0. The van der Waals surface area contributed by atoms with Crippen LogP contribution in [0.1, 0.15) is 48.8 Å². The van der Waals surface area contributed by atoms with Crippen LogP contribution in [0.15, 0.2) is 48.5 Å². The SMILES string of the molecule is OC1CCCc2sc(Nc3cccc(-c4ccccc4)c3OC3CCC3)nc21. The molecule has 4 nitrogen and oxygen atoms in total. The van der Waals surface area contributed by atoms with Crippen molar-refractivity contribution in [3.63, 3.8) is 0 Å². The third-order valence-electron chi connectivity index (χ3n) is 5.60. The van der Waals surface area contributed by atoms with E-state index in [9.17, 15) is 5.11 Å². The Hall–Kier alpha value is -2.37. The van der Waals surface area contributed by atoms with Crippen LogP contribution in [0.3, 0.4) is 0 Å². The molecule has 1 fully saturated rings. The van der Waals surface area contributed by atoms with Crippen LogP contribution in [-0.2, 0) is 6.42 Å². The maximum atomic E-state index is 10.2. The van der Waals surface area contributed by atoms with Crippen molar-refractivity contribution >= 4 is 22.2 Å². The molecular formula is C23H24N2O2S. The number of benzene rings is 2. The summed E-state index contributed by atoms with van der Waals surface area (Å²) in [5.41, 5.74) is 4.03. The van der Waals surface area contributed by atoms with Crippen molar-refractivity contribution in [3.8, 4) is 16.9 Å². The molecule has 2 aliphatic carbocycles. The highest BCUT2D eigenvalue weighted by atomic mass is 32.1. The van der Waals surface area contributed by atoms with Crippen LogP contribution in [-0.4, -0.2) is 16.2 Å². The number of nitrogens with one attached hydrogen (secondary N) is 1. The number of aliphatic hydroxyl groups excluding tert-OH is 1. The molecule has 0 amide bonds. The number of nitrogens with zero attached hydrogens (tertiary/aromatic N) is 1. The highest BCUT2D eigenvalue weighted by Gasteiger charge is 2.25. The average molecular weight is 393 g/mol. The van der Waals surface area contributed by atoms with Crippen LogP contribution >= 0.6 is 11.3 Å². The van der Waals surface area contributed by atoms with E-state index in [0.717, 1.165) is 65.5 Å². The Labute approximate surface area is 169 Å². The Kier molecular flexibility index (Phi) is 4.79. The third-order valence-corrected chi connectivity index (χ3v) is 6.65. The van der Waals surface area contributed by atoms with Gasteiger partial charge in [0, 0.05) is 10.4 Å². The summed E-state index contributed by atoms with van der Waals surface area (Å²) in [5, 5.41) is 14.6. The van der Waals surface area contributed by atoms with Gasteiger partial charge in [0.25, 0.3) is 0 Å². The van der Waals surface area contributed by atoms with Gasteiger partial charge in [0.05, 0.1) is 23.6 Å². The fourth-order valence-electron chi connectivity index (χ4n) is 3.83. The Morgan fingerprint density at radius 1 is 1.00 bits per heavy atom. The minimum Gasteiger partial charge on any atom is -0.488 e. The van der Waals surface area contributed by atoms with Gasteiger partial charge in [0.1, 0.15) is 0 Å². The lowest BCUT2D eigenvalue weighted by molar-refractivity contribution is 0.122. The summed E-state index contributed by atoms with van der Waals surface area (Å²) in [5.74, 6) is 0.895. The molecule has 1 heterocycles. The molecule has 1 unspecified atom stereocenters. The van der Waals surface area contributed by atoms with Gasteiger partial charge in [-0.15, -0.1) is 11.3 Å². The van der Waals surface area contributed by atoms with Crippen molar-refractivity contribution in [3.05, 3.63) is 59.1 Å². The second-order valence-corrected chi connectivity index (χ2v) is 8.66. The number of hydrogen-bond donors (Lipinski definition) is 2. The standard InChI is InChI=1S/C23H24N2O2S/c26-19-13-6-14-20-21(19)25-23(28-20)24-18-12-5-11-17(15-7-2-1-3-8-15)22(18)27-16-9-4-10-16/h1-3,5,7-8,11-12,16,19,26H,4,6,9-10,13-14H2,(H,24,25). The van der Waals surface area contributed by atoms with Gasteiger partial charge in [-0.2, -0.15) is 0 Å². The molecule has 2 N–H and O–H groups in total. The van der Waals surface area contributed by atoms with Gasteiger partial charge in [-0.05, 0) is 50.2 Å². The second-order valence-electron chi connectivity index (χ2n) is 7.58. The van der Waals surface area contributed by atoms with Gasteiger partial charge in [-0.1, -0.05) is 42.5 Å². The summed E-state index contributed by atoms with van der Waals surface area (Å²) in [4.78, 5) is 5.88. The minimum atomic E-state index is -0.433. The van der Waals surface area contributed by atoms with Crippen LogP contribution < -0.4 is 10.1 Å². The first-order chi connectivity index (χ1) is 13.8. The molecule has 0 radical (unpaired) electrons. The van der Waals surface area contributed by atoms with E-state index in [-0.39, 0.29) is 6.10 Å². The lowest BCUT2D eigenvalue weighted by Crippen LogP contribution is -2.25. The number of hydrogen-bond acceptors (Lipinski definition) is 5. The predicted molar refractivity (Wildman–Crippen MR) is 113 cm³/mol. The number of ether oxygens (including phenoxy) is 1. The van der Waals surface area contributed by atoms with E-state index in [4.69, 9.17) is 4.74 Å².